The molecule has 2 unspecified atom stereocenters. The smallest absolute Gasteiger partial charge is 0.136 e. The van der Waals surface area contributed by atoms with E-state index in [1.54, 1.807) is 0 Å². The number of hydrogen-bond acceptors (Lipinski definition) is 3. The van der Waals surface area contributed by atoms with Gasteiger partial charge in [-0.3, -0.25) is 4.79 Å². The van der Waals surface area contributed by atoms with Gasteiger partial charge in [-0.2, -0.15) is 11.8 Å². The third-order valence-electron chi connectivity index (χ3n) is 3.12. The number of Topliss-reactive ketones (excluding diaryl/α,β-unsaturated/α-hetero) is 1. The summed E-state index contributed by atoms with van der Waals surface area (Å²) in [6.45, 7) is 0.901. The molecule has 0 spiro atoms. The van der Waals surface area contributed by atoms with Crippen molar-refractivity contribution in [3.05, 3.63) is 0 Å². The number of carbonyl (C=O) groups is 1. The van der Waals surface area contributed by atoms with Crippen LogP contribution >= 0.6 is 11.8 Å². The summed E-state index contributed by atoms with van der Waals surface area (Å²) in [7, 11) is 0. The van der Waals surface area contributed by atoms with Crippen LogP contribution in [0.5, 0.6) is 0 Å². The normalized spacial score (nSPS) is 32.3. The highest BCUT2D eigenvalue weighted by Crippen LogP contribution is 2.26. The topological polar surface area (TPSA) is 26.3 Å². The fraction of sp³-hybridized carbons (Fsp3) is 0.909. The molecule has 80 valence electrons. The molecule has 2 heterocycles. The highest BCUT2D eigenvalue weighted by Gasteiger charge is 2.24. The fourth-order valence-corrected chi connectivity index (χ4v) is 3.42. The van der Waals surface area contributed by atoms with Crippen molar-refractivity contribution < 1.29 is 9.53 Å². The second-order valence-electron chi connectivity index (χ2n) is 4.20. The van der Waals surface area contributed by atoms with Gasteiger partial charge in [0.1, 0.15) is 5.78 Å². The second-order valence-corrected chi connectivity index (χ2v) is 5.35. The molecular formula is C11H18O2S. The first-order valence-electron chi connectivity index (χ1n) is 5.58. The first kappa shape index (κ1) is 10.5. The molecule has 0 aromatic rings. The molecule has 2 saturated heterocycles. The van der Waals surface area contributed by atoms with Gasteiger partial charge in [-0.25, -0.2) is 0 Å². The molecular weight excluding hydrogens is 196 g/mol. The van der Waals surface area contributed by atoms with Crippen LogP contribution in [0.25, 0.3) is 0 Å². The molecule has 2 nitrogen and oxygen atoms in total. The van der Waals surface area contributed by atoms with Gasteiger partial charge < -0.3 is 4.74 Å². The van der Waals surface area contributed by atoms with Crippen LogP contribution in [0.3, 0.4) is 0 Å². The Morgan fingerprint density at radius 3 is 3.00 bits per heavy atom. The number of rotatable bonds is 4. The molecule has 0 aliphatic carbocycles. The molecule has 0 bridgehead atoms. The maximum Gasteiger partial charge on any atom is 0.136 e. The molecule has 2 aliphatic rings. The van der Waals surface area contributed by atoms with Crippen LogP contribution in [0.1, 0.15) is 32.1 Å². The Morgan fingerprint density at radius 2 is 2.36 bits per heavy atom. The van der Waals surface area contributed by atoms with E-state index in [-0.39, 0.29) is 0 Å². The summed E-state index contributed by atoms with van der Waals surface area (Å²) in [6.07, 6.45) is 5.53. The molecule has 3 heteroatoms. The molecule has 2 atom stereocenters. The van der Waals surface area contributed by atoms with Gasteiger partial charge >= 0.3 is 0 Å². The zero-order valence-electron chi connectivity index (χ0n) is 8.54. The molecule has 2 rings (SSSR count). The first-order valence-corrected chi connectivity index (χ1v) is 6.74. The summed E-state index contributed by atoms with van der Waals surface area (Å²) in [5.41, 5.74) is 0. The molecule has 2 aliphatic heterocycles. The lowest BCUT2D eigenvalue weighted by atomic mass is 9.98. The number of ether oxygens (including phenoxy) is 1. The van der Waals surface area contributed by atoms with Crippen molar-refractivity contribution in [2.24, 2.45) is 5.92 Å². The second kappa shape index (κ2) is 5.17. The Kier molecular flexibility index (Phi) is 3.88. The van der Waals surface area contributed by atoms with Crippen LogP contribution in [0.15, 0.2) is 0 Å². The van der Waals surface area contributed by atoms with Crippen LogP contribution in [0.2, 0.25) is 0 Å². The van der Waals surface area contributed by atoms with Crippen molar-refractivity contribution in [2.75, 3.05) is 18.1 Å². The van der Waals surface area contributed by atoms with Crippen molar-refractivity contribution in [3.63, 3.8) is 0 Å². The number of carbonyl (C=O) groups excluding carboxylic acids is 1. The van der Waals surface area contributed by atoms with Gasteiger partial charge in [0, 0.05) is 24.7 Å². The predicted octanol–water partition coefficient (Wildman–Crippen LogP) is 2.27. The van der Waals surface area contributed by atoms with Crippen molar-refractivity contribution >= 4 is 17.5 Å². The maximum absolute atomic E-state index is 11.7. The molecule has 2 fully saturated rings. The van der Waals surface area contributed by atoms with Crippen LogP contribution in [0.4, 0.5) is 0 Å². The van der Waals surface area contributed by atoms with E-state index in [2.05, 4.69) is 0 Å². The Bertz CT molecular complexity index is 193. The molecule has 0 N–H and O–H groups in total. The molecule has 0 amide bonds. The van der Waals surface area contributed by atoms with Crippen molar-refractivity contribution in [1.29, 1.82) is 0 Å². The van der Waals surface area contributed by atoms with Crippen LogP contribution < -0.4 is 0 Å². The lowest BCUT2D eigenvalue weighted by molar-refractivity contribution is -0.122. The third kappa shape index (κ3) is 2.74. The summed E-state index contributed by atoms with van der Waals surface area (Å²) in [5, 5.41) is 0. The minimum atomic E-state index is 0.362. The summed E-state index contributed by atoms with van der Waals surface area (Å²) < 4.78 is 5.51. The number of thioether (sulfide) groups is 1. The van der Waals surface area contributed by atoms with Crippen molar-refractivity contribution in [2.45, 2.75) is 38.2 Å². The van der Waals surface area contributed by atoms with E-state index >= 15 is 0 Å². The maximum atomic E-state index is 11.7. The quantitative estimate of drug-likeness (QED) is 0.718. The van der Waals surface area contributed by atoms with E-state index in [9.17, 15) is 4.79 Å². The average Bonchev–Trinajstić information content (AvgIpc) is 2.87. The Morgan fingerprint density at radius 1 is 1.43 bits per heavy atom. The van der Waals surface area contributed by atoms with Gasteiger partial charge in [-0.1, -0.05) is 0 Å². The molecule has 0 radical (unpaired) electrons. The van der Waals surface area contributed by atoms with Crippen LogP contribution in [-0.4, -0.2) is 30.0 Å². The molecule has 0 aromatic heterocycles. The van der Waals surface area contributed by atoms with Crippen molar-refractivity contribution in [3.8, 4) is 0 Å². The third-order valence-corrected chi connectivity index (χ3v) is 4.28. The van der Waals surface area contributed by atoms with Gasteiger partial charge in [-0.05, 0) is 31.4 Å². The number of ketones is 1. The van der Waals surface area contributed by atoms with Gasteiger partial charge in [0.05, 0.1) is 6.10 Å². The van der Waals surface area contributed by atoms with E-state index in [1.165, 1.54) is 12.2 Å². The Hall–Kier alpha value is -0.0200. The summed E-state index contributed by atoms with van der Waals surface area (Å²) in [6, 6.07) is 0. The zero-order valence-corrected chi connectivity index (χ0v) is 9.35. The molecule has 0 saturated carbocycles. The van der Waals surface area contributed by atoms with E-state index in [4.69, 9.17) is 4.74 Å². The summed E-state index contributed by atoms with van der Waals surface area (Å²) >= 11 is 1.92. The fourth-order valence-electron chi connectivity index (χ4n) is 2.17. The molecule has 14 heavy (non-hydrogen) atoms. The monoisotopic (exact) mass is 214 g/mol. The predicted molar refractivity (Wildman–Crippen MR) is 58.6 cm³/mol. The number of hydrogen-bond donors (Lipinski definition) is 0. The standard InChI is InChI=1S/C11H18O2S/c12-11(9-5-7-14-8-9)4-3-10-2-1-6-13-10/h9-10H,1-8H2. The minimum absolute atomic E-state index is 0.362. The van der Waals surface area contributed by atoms with E-state index < -0.39 is 0 Å². The van der Waals surface area contributed by atoms with E-state index in [0.717, 1.165) is 38.0 Å². The summed E-state index contributed by atoms with van der Waals surface area (Å²) in [5.74, 6) is 3.08. The lowest BCUT2D eigenvalue weighted by Gasteiger charge is -2.10. The molecule has 0 aromatic carbocycles. The van der Waals surface area contributed by atoms with E-state index in [1.807, 2.05) is 11.8 Å². The Labute approximate surface area is 89.8 Å². The van der Waals surface area contributed by atoms with Gasteiger partial charge in [0.15, 0.2) is 0 Å². The average molecular weight is 214 g/mol. The van der Waals surface area contributed by atoms with Gasteiger partial charge in [0.2, 0.25) is 0 Å². The minimum Gasteiger partial charge on any atom is -0.378 e. The van der Waals surface area contributed by atoms with Gasteiger partial charge in [0.25, 0.3) is 0 Å². The SMILES string of the molecule is O=C(CCC1CCCO1)C1CCSC1. The lowest BCUT2D eigenvalue weighted by Crippen LogP contribution is -2.16. The highest BCUT2D eigenvalue weighted by atomic mass is 32.2. The zero-order chi connectivity index (χ0) is 9.80. The van der Waals surface area contributed by atoms with E-state index in [0.29, 0.717) is 17.8 Å². The first-order chi connectivity index (χ1) is 6.86. The van der Waals surface area contributed by atoms with Crippen molar-refractivity contribution in [1.82, 2.24) is 0 Å². The van der Waals surface area contributed by atoms with Crippen LogP contribution in [0, 0.1) is 5.92 Å². The Balaban J connectivity index is 1.66. The largest absolute Gasteiger partial charge is 0.378 e. The van der Waals surface area contributed by atoms with Crippen LogP contribution in [-0.2, 0) is 9.53 Å². The summed E-state index contributed by atoms with van der Waals surface area (Å²) in [4.78, 5) is 11.7. The van der Waals surface area contributed by atoms with Gasteiger partial charge in [-0.15, -0.1) is 0 Å². The highest BCUT2D eigenvalue weighted by molar-refractivity contribution is 7.99.